The predicted octanol–water partition coefficient (Wildman–Crippen LogP) is 1.25. The quantitative estimate of drug-likeness (QED) is 0.553. The van der Waals surface area contributed by atoms with E-state index in [1.165, 1.54) is 18.9 Å². The Morgan fingerprint density at radius 3 is 3.00 bits per heavy atom. The molecule has 0 aromatic heterocycles. The van der Waals surface area contributed by atoms with Crippen molar-refractivity contribution in [3.8, 4) is 0 Å². The molecule has 1 aliphatic rings. The van der Waals surface area contributed by atoms with E-state index in [0.717, 1.165) is 19.4 Å². The van der Waals surface area contributed by atoms with Crippen LogP contribution in [0.1, 0.15) is 12.8 Å². The third-order valence-corrected chi connectivity index (χ3v) is 3.72. The van der Waals surface area contributed by atoms with Gasteiger partial charge in [-0.2, -0.15) is 0 Å². The van der Waals surface area contributed by atoms with Crippen LogP contribution >= 0.6 is 24.0 Å². The fourth-order valence-electron chi connectivity index (χ4n) is 1.27. The van der Waals surface area contributed by atoms with E-state index in [4.69, 9.17) is 17.0 Å². The number of hydrogen-bond donors (Lipinski definition) is 0. The molecular weight excluding hydrogens is 234 g/mol. The summed E-state index contributed by atoms with van der Waals surface area (Å²) in [5.74, 6) is -0.00468. The first-order valence-electron chi connectivity index (χ1n) is 4.73. The SMILES string of the molecule is COC(=O)CSC(=S)N(C)C1CCCO1. The van der Waals surface area contributed by atoms with Crippen molar-refractivity contribution in [1.29, 1.82) is 0 Å². The van der Waals surface area contributed by atoms with Crippen molar-refractivity contribution < 1.29 is 14.3 Å². The zero-order chi connectivity index (χ0) is 11.3. The van der Waals surface area contributed by atoms with E-state index in [0.29, 0.717) is 4.32 Å². The second-order valence-electron chi connectivity index (χ2n) is 3.21. The highest BCUT2D eigenvalue weighted by molar-refractivity contribution is 8.23. The average Bonchev–Trinajstić information content (AvgIpc) is 2.77. The second kappa shape index (κ2) is 6.30. The summed E-state index contributed by atoms with van der Waals surface area (Å²) in [6, 6.07) is 0. The number of carbonyl (C=O) groups is 1. The molecule has 86 valence electrons. The summed E-state index contributed by atoms with van der Waals surface area (Å²) in [5.41, 5.74) is 0. The number of nitrogens with zero attached hydrogens (tertiary/aromatic N) is 1. The van der Waals surface area contributed by atoms with Gasteiger partial charge in [-0.05, 0) is 12.8 Å². The molecule has 0 radical (unpaired) electrons. The maximum atomic E-state index is 10.9. The minimum Gasteiger partial charge on any atom is -0.468 e. The molecule has 1 rings (SSSR count). The van der Waals surface area contributed by atoms with Crippen LogP contribution in [0.4, 0.5) is 0 Å². The van der Waals surface area contributed by atoms with Gasteiger partial charge in [-0.25, -0.2) is 0 Å². The van der Waals surface area contributed by atoms with Gasteiger partial charge in [0.1, 0.15) is 10.5 Å². The fourth-order valence-corrected chi connectivity index (χ4v) is 2.24. The van der Waals surface area contributed by atoms with E-state index in [2.05, 4.69) is 4.74 Å². The third kappa shape index (κ3) is 3.96. The van der Waals surface area contributed by atoms with E-state index in [9.17, 15) is 4.79 Å². The van der Waals surface area contributed by atoms with Crippen LogP contribution in [0.5, 0.6) is 0 Å². The van der Waals surface area contributed by atoms with Crippen LogP contribution in [0.25, 0.3) is 0 Å². The highest BCUT2D eigenvalue weighted by Crippen LogP contribution is 2.19. The van der Waals surface area contributed by atoms with Crippen LogP contribution < -0.4 is 0 Å². The van der Waals surface area contributed by atoms with Gasteiger partial charge in [0.15, 0.2) is 0 Å². The second-order valence-corrected chi connectivity index (χ2v) is 4.82. The Balaban J connectivity index is 2.29. The Kier molecular flexibility index (Phi) is 5.35. The number of thiocarbonyl (C=S) groups is 1. The topological polar surface area (TPSA) is 38.8 Å². The van der Waals surface area contributed by atoms with Gasteiger partial charge in [0.2, 0.25) is 0 Å². The molecule has 1 aliphatic heterocycles. The van der Waals surface area contributed by atoms with Crippen molar-refractivity contribution in [2.75, 3.05) is 26.5 Å². The van der Waals surface area contributed by atoms with Gasteiger partial charge in [0, 0.05) is 13.7 Å². The van der Waals surface area contributed by atoms with Gasteiger partial charge >= 0.3 is 5.97 Å². The Hall–Kier alpha value is -0.330. The summed E-state index contributed by atoms with van der Waals surface area (Å²) >= 11 is 6.49. The predicted molar refractivity (Wildman–Crippen MR) is 63.8 cm³/mol. The highest BCUT2D eigenvalue weighted by atomic mass is 32.2. The van der Waals surface area contributed by atoms with Gasteiger partial charge in [-0.15, -0.1) is 0 Å². The van der Waals surface area contributed by atoms with Crippen LogP contribution in [0, 0.1) is 0 Å². The van der Waals surface area contributed by atoms with E-state index in [1.54, 1.807) is 0 Å². The lowest BCUT2D eigenvalue weighted by Crippen LogP contribution is -2.34. The number of rotatable bonds is 3. The largest absolute Gasteiger partial charge is 0.468 e. The molecule has 15 heavy (non-hydrogen) atoms. The summed E-state index contributed by atoms with van der Waals surface area (Å²) in [7, 11) is 3.26. The van der Waals surface area contributed by atoms with Crippen molar-refractivity contribution in [3.63, 3.8) is 0 Å². The van der Waals surface area contributed by atoms with Crippen LogP contribution in [0.15, 0.2) is 0 Å². The van der Waals surface area contributed by atoms with Gasteiger partial charge < -0.3 is 14.4 Å². The standard InChI is InChI=1S/C9H15NO3S2/c1-10(7-4-3-5-13-7)9(14)15-6-8(11)12-2/h7H,3-6H2,1-2H3. The smallest absolute Gasteiger partial charge is 0.316 e. The lowest BCUT2D eigenvalue weighted by molar-refractivity contribution is -0.137. The molecule has 0 aromatic rings. The van der Waals surface area contributed by atoms with Gasteiger partial charge in [-0.1, -0.05) is 24.0 Å². The summed E-state index contributed by atoms with van der Waals surface area (Å²) in [5, 5.41) is 0. The first-order chi connectivity index (χ1) is 7.15. The normalized spacial score (nSPS) is 20.0. The van der Waals surface area contributed by atoms with E-state index in [1.807, 2.05) is 11.9 Å². The Bertz CT molecular complexity index is 242. The van der Waals surface area contributed by atoms with E-state index < -0.39 is 0 Å². The minimum absolute atomic E-state index is 0.0719. The van der Waals surface area contributed by atoms with Crippen LogP contribution in [0.2, 0.25) is 0 Å². The summed E-state index contributed by atoms with van der Waals surface area (Å²) in [6.45, 7) is 0.791. The number of ether oxygens (including phenoxy) is 2. The number of thioether (sulfide) groups is 1. The molecule has 0 aromatic carbocycles. The molecule has 0 amide bonds. The Labute approximate surface area is 99.3 Å². The van der Waals surface area contributed by atoms with Crippen LogP contribution in [-0.2, 0) is 14.3 Å². The molecule has 1 atom stereocenters. The molecule has 1 fully saturated rings. The number of hydrogen-bond acceptors (Lipinski definition) is 5. The number of esters is 1. The average molecular weight is 249 g/mol. The maximum absolute atomic E-state index is 10.9. The van der Waals surface area contributed by atoms with Crippen molar-refractivity contribution >= 4 is 34.3 Å². The van der Waals surface area contributed by atoms with Crippen LogP contribution in [0.3, 0.4) is 0 Å². The van der Waals surface area contributed by atoms with Crippen molar-refractivity contribution in [1.82, 2.24) is 4.90 Å². The molecule has 0 bridgehead atoms. The van der Waals surface area contributed by atoms with Gasteiger partial charge in [-0.3, -0.25) is 4.79 Å². The van der Waals surface area contributed by atoms with Crippen LogP contribution in [-0.4, -0.2) is 47.9 Å². The van der Waals surface area contributed by atoms with E-state index in [-0.39, 0.29) is 18.0 Å². The third-order valence-electron chi connectivity index (χ3n) is 2.17. The molecule has 1 unspecified atom stereocenters. The molecule has 0 saturated carbocycles. The molecule has 0 spiro atoms. The van der Waals surface area contributed by atoms with Crippen molar-refractivity contribution in [2.24, 2.45) is 0 Å². The zero-order valence-electron chi connectivity index (χ0n) is 8.89. The minimum atomic E-state index is -0.261. The molecule has 1 saturated heterocycles. The zero-order valence-corrected chi connectivity index (χ0v) is 10.5. The van der Waals surface area contributed by atoms with Crippen molar-refractivity contribution in [3.05, 3.63) is 0 Å². The Morgan fingerprint density at radius 1 is 1.73 bits per heavy atom. The van der Waals surface area contributed by atoms with E-state index >= 15 is 0 Å². The Morgan fingerprint density at radius 2 is 2.47 bits per heavy atom. The fraction of sp³-hybridized carbons (Fsp3) is 0.778. The maximum Gasteiger partial charge on any atom is 0.316 e. The molecule has 1 heterocycles. The lowest BCUT2D eigenvalue weighted by Gasteiger charge is -2.25. The molecule has 0 aliphatic carbocycles. The first-order valence-corrected chi connectivity index (χ1v) is 6.12. The summed E-state index contributed by atoms with van der Waals surface area (Å²) in [6.07, 6.45) is 2.14. The monoisotopic (exact) mass is 249 g/mol. The summed E-state index contributed by atoms with van der Waals surface area (Å²) < 4.78 is 10.7. The van der Waals surface area contributed by atoms with Gasteiger partial charge in [0.05, 0.1) is 12.9 Å². The molecule has 0 N–H and O–H groups in total. The van der Waals surface area contributed by atoms with Gasteiger partial charge in [0.25, 0.3) is 0 Å². The lowest BCUT2D eigenvalue weighted by atomic mass is 10.3. The highest BCUT2D eigenvalue weighted by Gasteiger charge is 2.22. The molecule has 6 heteroatoms. The van der Waals surface area contributed by atoms with Crippen molar-refractivity contribution in [2.45, 2.75) is 19.1 Å². The number of methoxy groups -OCH3 is 1. The summed E-state index contributed by atoms with van der Waals surface area (Å²) in [4.78, 5) is 12.8. The molecule has 4 nitrogen and oxygen atoms in total. The number of carbonyl (C=O) groups excluding carboxylic acids is 1. The first kappa shape index (κ1) is 12.7. The molecular formula is C9H15NO3S2.